The lowest BCUT2D eigenvalue weighted by Gasteiger charge is -2.13. The summed E-state index contributed by atoms with van der Waals surface area (Å²) in [5.74, 6) is 0.478. The molecule has 0 saturated heterocycles. The first-order valence-electron chi connectivity index (χ1n) is 9.65. The molecule has 0 bridgehead atoms. The van der Waals surface area contributed by atoms with Crippen LogP contribution in [0.1, 0.15) is 11.1 Å². The second-order valence-corrected chi connectivity index (χ2v) is 9.24. The van der Waals surface area contributed by atoms with Gasteiger partial charge in [0.25, 0.3) is 0 Å². The molecule has 0 amide bonds. The van der Waals surface area contributed by atoms with Crippen molar-refractivity contribution in [3.63, 3.8) is 0 Å². The summed E-state index contributed by atoms with van der Waals surface area (Å²) in [6.07, 6.45) is 2.77. The molecule has 0 aliphatic carbocycles. The molecule has 4 aromatic rings. The second kappa shape index (κ2) is 8.00. The first kappa shape index (κ1) is 21.4. The molecule has 2 heterocycles. The maximum atomic E-state index is 11.7. The maximum Gasteiger partial charge on any atom is 0.419 e. The van der Waals surface area contributed by atoms with E-state index in [0.29, 0.717) is 39.9 Å². The number of anilines is 5. The molecule has 10 nitrogen and oxygen atoms in total. The van der Waals surface area contributed by atoms with E-state index in [-0.39, 0.29) is 0 Å². The van der Waals surface area contributed by atoms with Crippen molar-refractivity contribution < 1.29 is 12.8 Å². The van der Waals surface area contributed by atoms with E-state index in [1.54, 1.807) is 37.5 Å². The Balaban J connectivity index is 1.59. The van der Waals surface area contributed by atoms with Crippen LogP contribution in [0, 0.1) is 13.8 Å². The van der Waals surface area contributed by atoms with Gasteiger partial charge in [-0.25, -0.2) is 18.2 Å². The molecule has 0 saturated carbocycles. The van der Waals surface area contributed by atoms with Crippen LogP contribution in [0.2, 0.25) is 0 Å². The van der Waals surface area contributed by atoms with Gasteiger partial charge in [0.15, 0.2) is 5.58 Å². The van der Waals surface area contributed by atoms with E-state index in [1.165, 1.54) is 4.57 Å². The molecule has 0 unspecified atom stereocenters. The molecule has 0 aliphatic rings. The van der Waals surface area contributed by atoms with E-state index in [1.807, 2.05) is 26.0 Å². The monoisotopic (exact) mass is 454 g/mol. The fraction of sp³-hybridized carbons (Fsp3) is 0.190. The third-order valence-corrected chi connectivity index (χ3v) is 5.41. The second-order valence-electron chi connectivity index (χ2n) is 7.49. The number of hydrogen-bond acceptors (Lipinski definition) is 8. The minimum atomic E-state index is -3.40. The minimum Gasteiger partial charge on any atom is -0.408 e. The molecule has 0 radical (unpaired) electrons. The van der Waals surface area contributed by atoms with Crippen molar-refractivity contribution >= 4 is 50.0 Å². The Morgan fingerprint density at radius 1 is 1.00 bits per heavy atom. The predicted octanol–water partition coefficient (Wildman–Crippen LogP) is 3.40. The number of sulfonamides is 1. The van der Waals surface area contributed by atoms with E-state index in [9.17, 15) is 13.2 Å². The van der Waals surface area contributed by atoms with Crippen LogP contribution in [0.4, 0.5) is 28.8 Å². The van der Waals surface area contributed by atoms with E-state index >= 15 is 0 Å². The van der Waals surface area contributed by atoms with Crippen LogP contribution in [0.15, 0.2) is 51.8 Å². The summed E-state index contributed by atoms with van der Waals surface area (Å²) in [5.41, 5.74) is 4.57. The Morgan fingerprint density at radius 3 is 2.47 bits per heavy atom. The van der Waals surface area contributed by atoms with Crippen LogP contribution in [-0.2, 0) is 17.1 Å². The topological polar surface area (TPSA) is 131 Å². The molecule has 11 heteroatoms. The van der Waals surface area contributed by atoms with Gasteiger partial charge >= 0.3 is 5.76 Å². The number of rotatable bonds is 6. The average Bonchev–Trinajstić information content (AvgIpc) is 2.99. The number of aromatic nitrogens is 3. The van der Waals surface area contributed by atoms with Gasteiger partial charge in [-0.1, -0.05) is 6.07 Å². The number of oxazole rings is 1. The Morgan fingerprint density at radius 2 is 1.72 bits per heavy atom. The van der Waals surface area contributed by atoms with Gasteiger partial charge in [-0.3, -0.25) is 9.29 Å². The standard InChI is InChI=1S/C21H22N6O4S/c1-12-5-6-14(9-16(12)26-32(4,29)30)24-20-22-11-13(2)19(25-20)23-15-7-8-17-18(10-15)31-21(28)27(17)3/h5-11,26H,1-4H3,(H2,22,23,24,25). The quantitative estimate of drug-likeness (QED) is 0.404. The minimum absolute atomic E-state index is 0.333. The lowest BCUT2D eigenvalue weighted by Crippen LogP contribution is -2.11. The molecular weight excluding hydrogens is 432 g/mol. The Kier molecular flexibility index (Phi) is 5.35. The molecule has 0 aliphatic heterocycles. The SMILES string of the molecule is Cc1ccc(Nc2ncc(C)c(Nc3ccc4c(c3)oc(=O)n4C)n2)cc1NS(C)(=O)=O. The fourth-order valence-corrected chi connectivity index (χ4v) is 3.74. The normalized spacial score (nSPS) is 11.5. The first-order chi connectivity index (χ1) is 15.1. The summed E-state index contributed by atoms with van der Waals surface area (Å²) >= 11 is 0. The summed E-state index contributed by atoms with van der Waals surface area (Å²) in [4.78, 5) is 20.5. The molecule has 32 heavy (non-hydrogen) atoms. The van der Waals surface area contributed by atoms with E-state index in [0.717, 1.165) is 17.4 Å². The van der Waals surface area contributed by atoms with Gasteiger partial charge in [-0.05, 0) is 43.7 Å². The zero-order chi connectivity index (χ0) is 23.0. The predicted molar refractivity (Wildman–Crippen MR) is 124 cm³/mol. The summed E-state index contributed by atoms with van der Waals surface area (Å²) in [7, 11) is -1.75. The zero-order valence-electron chi connectivity index (χ0n) is 17.9. The van der Waals surface area contributed by atoms with Gasteiger partial charge in [0.2, 0.25) is 16.0 Å². The molecule has 4 rings (SSSR count). The number of hydrogen-bond donors (Lipinski definition) is 3. The highest BCUT2D eigenvalue weighted by atomic mass is 32.2. The smallest absolute Gasteiger partial charge is 0.408 e. The van der Waals surface area contributed by atoms with Crippen LogP contribution >= 0.6 is 0 Å². The molecule has 0 fully saturated rings. The van der Waals surface area contributed by atoms with Gasteiger partial charge in [0, 0.05) is 36.2 Å². The number of nitrogens with zero attached hydrogens (tertiary/aromatic N) is 3. The van der Waals surface area contributed by atoms with Crippen molar-refractivity contribution in [2.24, 2.45) is 7.05 Å². The van der Waals surface area contributed by atoms with E-state index < -0.39 is 15.8 Å². The number of nitrogens with one attached hydrogen (secondary N) is 3. The summed E-state index contributed by atoms with van der Waals surface area (Å²) in [6, 6.07) is 10.6. The lowest BCUT2D eigenvalue weighted by atomic mass is 10.2. The van der Waals surface area contributed by atoms with E-state index in [2.05, 4.69) is 25.3 Å². The van der Waals surface area contributed by atoms with Crippen LogP contribution < -0.4 is 21.1 Å². The van der Waals surface area contributed by atoms with Crippen LogP contribution in [0.5, 0.6) is 0 Å². The number of fused-ring (bicyclic) bond motifs is 1. The molecule has 166 valence electrons. The van der Waals surface area contributed by atoms with Gasteiger partial charge < -0.3 is 15.1 Å². The third kappa shape index (κ3) is 4.57. The van der Waals surface area contributed by atoms with Crippen molar-refractivity contribution in [2.75, 3.05) is 21.6 Å². The summed E-state index contributed by atoms with van der Waals surface area (Å²) < 4.78 is 32.4. The first-order valence-corrected chi connectivity index (χ1v) is 11.5. The van der Waals surface area contributed by atoms with Crippen molar-refractivity contribution in [3.05, 3.63) is 64.3 Å². The van der Waals surface area contributed by atoms with E-state index in [4.69, 9.17) is 4.42 Å². The molecule has 0 spiro atoms. The highest BCUT2D eigenvalue weighted by Gasteiger charge is 2.10. The molecule has 0 atom stereocenters. The zero-order valence-corrected chi connectivity index (χ0v) is 18.7. The Hall–Kier alpha value is -3.86. The third-order valence-electron chi connectivity index (χ3n) is 4.82. The molecular formula is C21H22N6O4S. The average molecular weight is 455 g/mol. The lowest BCUT2D eigenvalue weighted by molar-refractivity contribution is 0.528. The summed E-state index contributed by atoms with van der Waals surface area (Å²) in [6.45, 7) is 3.68. The highest BCUT2D eigenvalue weighted by molar-refractivity contribution is 7.92. The fourth-order valence-electron chi connectivity index (χ4n) is 3.12. The van der Waals surface area contributed by atoms with Gasteiger partial charge in [-0.15, -0.1) is 0 Å². The van der Waals surface area contributed by atoms with Crippen molar-refractivity contribution in [1.82, 2.24) is 14.5 Å². The Labute approximate surface area is 184 Å². The number of aryl methyl sites for hydroxylation is 3. The molecule has 2 aromatic carbocycles. The van der Waals surface area contributed by atoms with Crippen LogP contribution in [0.25, 0.3) is 11.1 Å². The Bertz CT molecular complexity index is 1490. The van der Waals surface area contributed by atoms with Gasteiger partial charge in [0.1, 0.15) is 5.82 Å². The largest absolute Gasteiger partial charge is 0.419 e. The molecule has 2 aromatic heterocycles. The van der Waals surface area contributed by atoms with Gasteiger partial charge in [0.05, 0.1) is 17.5 Å². The maximum absolute atomic E-state index is 11.7. The molecule has 3 N–H and O–H groups in total. The van der Waals surface area contributed by atoms with Crippen molar-refractivity contribution in [1.29, 1.82) is 0 Å². The number of benzene rings is 2. The van der Waals surface area contributed by atoms with Crippen molar-refractivity contribution in [3.8, 4) is 0 Å². The van der Waals surface area contributed by atoms with Crippen LogP contribution in [0.3, 0.4) is 0 Å². The van der Waals surface area contributed by atoms with Crippen molar-refractivity contribution in [2.45, 2.75) is 13.8 Å². The highest BCUT2D eigenvalue weighted by Crippen LogP contribution is 2.26. The summed E-state index contributed by atoms with van der Waals surface area (Å²) in [5, 5.41) is 6.31. The van der Waals surface area contributed by atoms with Crippen LogP contribution in [-0.4, -0.2) is 29.2 Å². The van der Waals surface area contributed by atoms with Gasteiger partial charge in [-0.2, -0.15) is 4.98 Å².